The van der Waals surface area contributed by atoms with Gasteiger partial charge in [-0.15, -0.1) is 0 Å². The Bertz CT molecular complexity index is 172. The molecule has 0 rings (SSSR count). The lowest BCUT2D eigenvalue weighted by atomic mass is 10.3. The summed E-state index contributed by atoms with van der Waals surface area (Å²) >= 11 is 5.07. The van der Waals surface area contributed by atoms with Gasteiger partial charge in [-0.2, -0.15) is 0 Å². The van der Waals surface area contributed by atoms with Crippen LogP contribution in [-0.4, -0.2) is 18.2 Å². The number of thiocarbonyl (C=S) groups is 1. The molecular formula is C10H20N2S. The molecule has 13 heavy (non-hydrogen) atoms. The van der Waals surface area contributed by atoms with Gasteiger partial charge in [0.1, 0.15) is 0 Å². The minimum Gasteiger partial charge on any atom is -0.363 e. The van der Waals surface area contributed by atoms with Crippen molar-refractivity contribution < 1.29 is 0 Å². The number of rotatable bonds is 5. The first kappa shape index (κ1) is 12.4. The normalized spacial score (nSPS) is 9.15. The number of allylic oxidation sites excluding steroid dienone is 1. The monoisotopic (exact) mass is 200 g/mol. The van der Waals surface area contributed by atoms with Crippen molar-refractivity contribution in [3.63, 3.8) is 0 Å². The van der Waals surface area contributed by atoms with E-state index in [9.17, 15) is 0 Å². The Labute approximate surface area is 86.8 Å². The lowest BCUT2D eigenvalue weighted by Gasteiger charge is -2.07. The molecule has 0 radical (unpaired) electrons. The first-order valence-corrected chi connectivity index (χ1v) is 5.22. The van der Waals surface area contributed by atoms with Crippen molar-refractivity contribution in [3.8, 4) is 0 Å². The van der Waals surface area contributed by atoms with Gasteiger partial charge in [0.25, 0.3) is 0 Å². The SMILES string of the molecule is CCCCNC(=S)NCC=C(C)C. The van der Waals surface area contributed by atoms with E-state index in [2.05, 4.69) is 37.5 Å². The zero-order valence-electron chi connectivity index (χ0n) is 8.81. The third-order valence-electron chi connectivity index (χ3n) is 1.59. The van der Waals surface area contributed by atoms with Crippen LogP contribution in [0.5, 0.6) is 0 Å². The minimum absolute atomic E-state index is 0.756. The second-order valence-electron chi connectivity index (χ2n) is 3.27. The highest BCUT2D eigenvalue weighted by molar-refractivity contribution is 7.80. The summed E-state index contributed by atoms with van der Waals surface area (Å²) in [5.74, 6) is 0. The van der Waals surface area contributed by atoms with Gasteiger partial charge in [-0.3, -0.25) is 0 Å². The molecule has 2 N–H and O–H groups in total. The van der Waals surface area contributed by atoms with Gasteiger partial charge in [-0.05, 0) is 32.5 Å². The molecule has 0 heterocycles. The number of unbranched alkanes of at least 4 members (excludes halogenated alkanes) is 1. The molecule has 0 aliphatic heterocycles. The molecule has 2 nitrogen and oxygen atoms in total. The van der Waals surface area contributed by atoms with E-state index in [-0.39, 0.29) is 0 Å². The third-order valence-corrected chi connectivity index (χ3v) is 1.88. The predicted molar refractivity (Wildman–Crippen MR) is 62.9 cm³/mol. The number of nitrogens with one attached hydrogen (secondary N) is 2. The number of hydrogen-bond acceptors (Lipinski definition) is 1. The standard InChI is InChI=1S/C10H20N2S/c1-4-5-7-11-10(13)12-8-6-9(2)3/h6H,4-5,7-8H2,1-3H3,(H2,11,12,13). The second kappa shape index (κ2) is 8.05. The molecule has 0 saturated carbocycles. The molecule has 0 atom stereocenters. The highest BCUT2D eigenvalue weighted by Gasteiger charge is 1.90. The maximum atomic E-state index is 5.07. The molecule has 0 aliphatic rings. The van der Waals surface area contributed by atoms with Crippen LogP contribution in [0.1, 0.15) is 33.6 Å². The molecule has 0 aliphatic carbocycles. The highest BCUT2D eigenvalue weighted by Crippen LogP contribution is 1.85. The van der Waals surface area contributed by atoms with Crippen LogP contribution in [0, 0.1) is 0 Å². The Morgan fingerprint density at radius 1 is 1.31 bits per heavy atom. The largest absolute Gasteiger partial charge is 0.363 e. The van der Waals surface area contributed by atoms with E-state index in [1.165, 1.54) is 18.4 Å². The molecule has 0 bridgehead atoms. The predicted octanol–water partition coefficient (Wildman–Crippen LogP) is 2.22. The fraction of sp³-hybridized carbons (Fsp3) is 0.700. The molecule has 0 unspecified atom stereocenters. The molecule has 0 amide bonds. The van der Waals surface area contributed by atoms with Crippen molar-refractivity contribution in [2.24, 2.45) is 0 Å². The van der Waals surface area contributed by atoms with E-state index in [0.29, 0.717) is 0 Å². The summed E-state index contributed by atoms with van der Waals surface area (Å²) in [4.78, 5) is 0. The lowest BCUT2D eigenvalue weighted by molar-refractivity contribution is 0.746. The molecule has 3 heteroatoms. The fourth-order valence-electron chi connectivity index (χ4n) is 0.789. The van der Waals surface area contributed by atoms with Gasteiger partial charge in [0.05, 0.1) is 0 Å². The van der Waals surface area contributed by atoms with Crippen molar-refractivity contribution >= 4 is 17.3 Å². The van der Waals surface area contributed by atoms with Crippen molar-refractivity contribution in [3.05, 3.63) is 11.6 Å². The van der Waals surface area contributed by atoms with Crippen molar-refractivity contribution in [2.45, 2.75) is 33.6 Å². The second-order valence-corrected chi connectivity index (χ2v) is 3.68. The summed E-state index contributed by atoms with van der Waals surface area (Å²) in [6.45, 7) is 8.11. The molecule has 0 aromatic rings. The molecule has 0 saturated heterocycles. The van der Waals surface area contributed by atoms with E-state index in [4.69, 9.17) is 12.2 Å². The molecule has 0 spiro atoms. The van der Waals surface area contributed by atoms with Crippen LogP contribution in [0.25, 0.3) is 0 Å². The van der Waals surface area contributed by atoms with Gasteiger partial charge in [-0.25, -0.2) is 0 Å². The average Bonchev–Trinajstić information content (AvgIpc) is 2.04. The Kier molecular flexibility index (Phi) is 7.69. The summed E-state index contributed by atoms with van der Waals surface area (Å²) in [6.07, 6.45) is 4.49. The Hall–Kier alpha value is -0.570. The molecule has 0 aromatic heterocycles. The van der Waals surface area contributed by atoms with E-state index in [0.717, 1.165) is 18.2 Å². The summed E-state index contributed by atoms with van der Waals surface area (Å²) in [5, 5.41) is 7.02. The summed E-state index contributed by atoms with van der Waals surface area (Å²) in [5.41, 5.74) is 1.31. The first-order valence-electron chi connectivity index (χ1n) is 4.82. The number of hydrogen-bond donors (Lipinski definition) is 2. The van der Waals surface area contributed by atoms with Crippen LogP contribution >= 0.6 is 12.2 Å². The van der Waals surface area contributed by atoms with Crippen LogP contribution in [0.2, 0.25) is 0 Å². The quantitative estimate of drug-likeness (QED) is 0.404. The van der Waals surface area contributed by atoms with Crippen LogP contribution in [0.3, 0.4) is 0 Å². The Morgan fingerprint density at radius 2 is 2.00 bits per heavy atom. The smallest absolute Gasteiger partial charge is 0.166 e. The van der Waals surface area contributed by atoms with E-state index >= 15 is 0 Å². The molecule has 0 fully saturated rings. The van der Waals surface area contributed by atoms with E-state index in [1.54, 1.807) is 0 Å². The van der Waals surface area contributed by atoms with Gasteiger partial charge >= 0.3 is 0 Å². The zero-order valence-corrected chi connectivity index (χ0v) is 9.63. The molecular weight excluding hydrogens is 180 g/mol. The van der Waals surface area contributed by atoms with Gasteiger partial charge in [0, 0.05) is 13.1 Å². The fourth-order valence-corrected chi connectivity index (χ4v) is 0.974. The summed E-state index contributed by atoms with van der Waals surface area (Å²) in [6, 6.07) is 0. The van der Waals surface area contributed by atoms with Gasteiger partial charge in [-0.1, -0.05) is 25.0 Å². The van der Waals surface area contributed by atoms with Gasteiger partial charge in [0.15, 0.2) is 5.11 Å². The minimum atomic E-state index is 0.756. The van der Waals surface area contributed by atoms with Crippen LogP contribution < -0.4 is 10.6 Å². The summed E-state index contributed by atoms with van der Waals surface area (Å²) in [7, 11) is 0. The van der Waals surface area contributed by atoms with Gasteiger partial charge in [0.2, 0.25) is 0 Å². The summed E-state index contributed by atoms with van der Waals surface area (Å²) < 4.78 is 0. The lowest BCUT2D eigenvalue weighted by Crippen LogP contribution is -2.35. The first-order chi connectivity index (χ1) is 6.16. The highest BCUT2D eigenvalue weighted by atomic mass is 32.1. The van der Waals surface area contributed by atoms with Crippen LogP contribution in [0.4, 0.5) is 0 Å². The molecule has 76 valence electrons. The van der Waals surface area contributed by atoms with E-state index in [1.807, 2.05) is 0 Å². The van der Waals surface area contributed by atoms with Crippen molar-refractivity contribution in [2.75, 3.05) is 13.1 Å². The van der Waals surface area contributed by atoms with E-state index < -0.39 is 0 Å². The van der Waals surface area contributed by atoms with Crippen LogP contribution in [0.15, 0.2) is 11.6 Å². The third kappa shape index (κ3) is 9.34. The van der Waals surface area contributed by atoms with Crippen LogP contribution in [-0.2, 0) is 0 Å². The topological polar surface area (TPSA) is 24.1 Å². The Balaban J connectivity index is 3.36. The Morgan fingerprint density at radius 3 is 2.54 bits per heavy atom. The van der Waals surface area contributed by atoms with Crippen molar-refractivity contribution in [1.82, 2.24) is 10.6 Å². The maximum absolute atomic E-state index is 5.07. The van der Waals surface area contributed by atoms with Crippen molar-refractivity contribution in [1.29, 1.82) is 0 Å². The maximum Gasteiger partial charge on any atom is 0.166 e. The zero-order chi connectivity index (χ0) is 10.1. The molecule has 0 aromatic carbocycles. The average molecular weight is 200 g/mol. The van der Waals surface area contributed by atoms with Gasteiger partial charge < -0.3 is 10.6 Å².